The van der Waals surface area contributed by atoms with Crippen LogP contribution in [0.4, 0.5) is 10.1 Å². The average Bonchev–Trinajstić information content (AvgIpc) is 3.39. The Bertz CT molecular complexity index is 1470. The molecule has 1 fully saturated rings. The summed E-state index contributed by atoms with van der Waals surface area (Å²) in [7, 11) is 1.91. The fourth-order valence-electron chi connectivity index (χ4n) is 4.68. The van der Waals surface area contributed by atoms with Gasteiger partial charge < -0.3 is 15.2 Å². The number of benzene rings is 2. The lowest BCUT2D eigenvalue weighted by atomic mass is 10.0. The number of anilines is 1. The van der Waals surface area contributed by atoms with Gasteiger partial charge in [-0.25, -0.2) is 9.37 Å². The van der Waals surface area contributed by atoms with E-state index < -0.39 is 5.82 Å². The zero-order valence-electron chi connectivity index (χ0n) is 19.9. The first-order chi connectivity index (χ1) is 16.9. The molecule has 2 aromatic heterocycles. The van der Waals surface area contributed by atoms with Crippen LogP contribution in [0.5, 0.6) is 0 Å². The molecule has 178 valence electrons. The van der Waals surface area contributed by atoms with Gasteiger partial charge in [-0.15, -0.1) is 0 Å². The summed E-state index contributed by atoms with van der Waals surface area (Å²) < 4.78 is 16.0. The summed E-state index contributed by atoms with van der Waals surface area (Å²) in [6, 6.07) is 12.0. The molecule has 0 saturated carbocycles. The molecule has 2 aromatic carbocycles. The molecule has 1 atom stereocenters. The molecule has 0 spiro atoms. The van der Waals surface area contributed by atoms with E-state index >= 15 is 0 Å². The normalized spacial score (nSPS) is 15.8. The highest BCUT2D eigenvalue weighted by Gasteiger charge is 2.31. The zero-order chi connectivity index (χ0) is 24.7. The maximum Gasteiger partial charge on any atom is 0.279 e. The largest absolute Gasteiger partial charge is 0.341 e. The van der Waals surface area contributed by atoms with Crippen LogP contribution in [0, 0.1) is 31.0 Å². The van der Waals surface area contributed by atoms with Crippen molar-refractivity contribution in [2.24, 2.45) is 7.05 Å². The van der Waals surface area contributed by atoms with Crippen molar-refractivity contribution in [3.05, 3.63) is 64.9 Å². The minimum Gasteiger partial charge on any atom is -0.341 e. The zero-order valence-corrected chi connectivity index (χ0v) is 19.9. The van der Waals surface area contributed by atoms with Crippen molar-refractivity contribution in [3.63, 3.8) is 0 Å². The molecule has 1 amide bonds. The van der Waals surface area contributed by atoms with E-state index in [1.165, 1.54) is 12.1 Å². The number of carbonyl (C=O) groups is 1. The Hall–Kier alpha value is -4.03. The van der Waals surface area contributed by atoms with Gasteiger partial charge in [0, 0.05) is 47.7 Å². The summed E-state index contributed by atoms with van der Waals surface area (Å²) in [5.74, 6) is -0.454. The minimum atomic E-state index is -0.623. The van der Waals surface area contributed by atoms with Crippen molar-refractivity contribution < 1.29 is 9.18 Å². The summed E-state index contributed by atoms with van der Waals surface area (Å²) in [5, 5.41) is 17.9. The van der Waals surface area contributed by atoms with Crippen LogP contribution in [0.25, 0.3) is 22.3 Å². The Balaban J connectivity index is 1.56. The number of imidazole rings is 1. The van der Waals surface area contributed by atoms with E-state index in [0.29, 0.717) is 29.3 Å². The molecule has 1 saturated heterocycles. The van der Waals surface area contributed by atoms with Crippen molar-refractivity contribution >= 4 is 22.5 Å². The number of aryl methyl sites for hydroxylation is 3. The maximum atomic E-state index is 14.2. The Morgan fingerprint density at radius 1 is 1.26 bits per heavy atom. The van der Waals surface area contributed by atoms with Crippen LogP contribution < -0.4 is 10.2 Å². The van der Waals surface area contributed by atoms with E-state index in [1.54, 1.807) is 13.0 Å². The number of amides is 1. The topological polar surface area (TPSA) is 103 Å². The summed E-state index contributed by atoms with van der Waals surface area (Å²) in [6.07, 6.45) is 1.85. The number of aromatic nitrogens is 4. The number of H-pyrrole nitrogens is 1. The molecule has 0 radical (unpaired) electrons. The van der Waals surface area contributed by atoms with Gasteiger partial charge in [0.05, 0.1) is 11.1 Å². The Morgan fingerprint density at radius 2 is 2.09 bits per heavy atom. The monoisotopic (exact) mass is 471 g/mol. The van der Waals surface area contributed by atoms with Crippen LogP contribution in [-0.2, 0) is 7.05 Å². The molecular formula is C26H26FN7O. The molecule has 9 heteroatoms. The predicted molar refractivity (Wildman–Crippen MR) is 132 cm³/mol. The fourth-order valence-corrected chi connectivity index (χ4v) is 4.68. The number of hydrogen-bond donors (Lipinski definition) is 2. The summed E-state index contributed by atoms with van der Waals surface area (Å²) in [5.41, 5.74) is 4.02. The van der Waals surface area contributed by atoms with E-state index in [9.17, 15) is 9.18 Å². The van der Waals surface area contributed by atoms with Crippen molar-refractivity contribution in [2.75, 3.05) is 18.0 Å². The van der Waals surface area contributed by atoms with Gasteiger partial charge in [-0.05, 0) is 69.6 Å². The first-order valence-electron chi connectivity index (χ1n) is 11.6. The lowest BCUT2D eigenvalue weighted by Gasteiger charge is -2.34. The van der Waals surface area contributed by atoms with Gasteiger partial charge in [0.1, 0.15) is 23.4 Å². The SMILES string of the molecule is Cc1[nH]c(-c2ccc(C#N)c(F)c2)nc1C(=O)N(c1ccc2nn(C)c(C)c2c1)[C@@H]1CCCNC1. The number of halogens is 1. The summed E-state index contributed by atoms with van der Waals surface area (Å²) in [6.45, 7) is 5.41. The van der Waals surface area contributed by atoms with E-state index in [2.05, 4.69) is 20.4 Å². The molecule has 35 heavy (non-hydrogen) atoms. The average molecular weight is 472 g/mol. The summed E-state index contributed by atoms with van der Waals surface area (Å²) >= 11 is 0. The van der Waals surface area contributed by atoms with Gasteiger partial charge in [-0.2, -0.15) is 10.4 Å². The van der Waals surface area contributed by atoms with Crippen LogP contribution in [0.3, 0.4) is 0 Å². The smallest absolute Gasteiger partial charge is 0.279 e. The van der Waals surface area contributed by atoms with Gasteiger partial charge in [0.15, 0.2) is 0 Å². The fraction of sp³-hybridized carbons (Fsp3) is 0.308. The highest BCUT2D eigenvalue weighted by molar-refractivity contribution is 6.07. The molecule has 8 nitrogen and oxygen atoms in total. The highest BCUT2D eigenvalue weighted by Crippen LogP contribution is 2.29. The number of nitriles is 1. The van der Waals surface area contributed by atoms with Crippen molar-refractivity contribution in [1.82, 2.24) is 25.1 Å². The second-order valence-electron chi connectivity index (χ2n) is 8.95. The standard InChI is InChI=1S/C26H26FN7O/c1-15-24(31-25(30-15)17-6-7-18(13-28)22(27)11-17)26(35)34(20-5-4-10-29-14-20)19-8-9-23-21(12-19)16(2)33(3)32-23/h6-9,11-12,20,29H,4-5,10,14H2,1-3H3,(H,30,31)/t20-/m1/s1. The quantitative estimate of drug-likeness (QED) is 0.469. The second kappa shape index (κ2) is 8.96. The third kappa shape index (κ3) is 4.06. The molecular weight excluding hydrogens is 445 g/mol. The second-order valence-corrected chi connectivity index (χ2v) is 8.95. The number of rotatable bonds is 4. The van der Waals surface area contributed by atoms with Gasteiger partial charge in [0.2, 0.25) is 0 Å². The lowest BCUT2D eigenvalue weighted by Crippen LogP contribution is -2.49. The van der Waals surface area contributed by atoms with Crippen molar-refractivity contribution in [1.29, 1.82) is 5.26 Å². The lowest BCUT2D eigenvalue weighted by molar-refractivity contribution is 0.0967. The van der Waals surface area contributed by atoms with E-state index in [4.69, 9.17) is 5.26 Å². The number of hydrogen-bond acceptors (Lipinski definition) is 5. The van der Waals surface area contributed by atoms with E-state index in [-0.39, 0.29) is 17.5 Å². The number of nitrogens with one attached hydrogen (secondary N) is 2. The number of carbonyl (C=O) groups excluding carboxylic acids is 1. The molecule has 4 aromatic rings. The first kappa shape index (κ1) is 22.7. The van der Waals surface area contributed by atoms with E-state index in [1.807, 2.05) is 47.8 Å². The van der Waals surface area contributed by atoms with Crippen molar-refractivity contribution in [2.45, 2.75) is 32.7 Å². The highest BCUT2D eigenvalue weighted by atomic mass is 19.1. The van der Waals surface area contributed by atoms with Crippen LogP contribution in [0.15, 0.2) is 36.4 Å². The van der Waals surface area contributed by atoms with E-state index in [0.717, 1.165) is 41.7 Å². The first-order valence-corrected chi connectivity index (χ1v) is 11.6. The number of piperidine rings is 1. The Kier molecular flexibility index (Phi) is 5.83. The molecule has 0 unspecified atom stereocenters. The number of aromatic amines is 1. The molecule has 5 rings (SSSR count). The molecule has 0 bridgehead atoms. The molecule has 1 aliphatic rings. The molecule has 2 N–H and O–H groups in total. The Morgan fingerprint density at radius 3 is 2.80 bits per heavy atom. The maximum absolute atomic E-state index is 14.2. The third-order valence-corrected chi connectivity index (χ3v) is 6.70. The van der Waals surface area contributed by atoms with Crippen LogP contribution >= 0.6 is 0 Å². The Labute approximate surface area is 202 Å². The molecule has 3 heterocycles. The number of fused-ring (bicyclic) bond motifs is 1. The third-order valence-electron chi connectivity index (χ3n) is 6.70. The van der Waals surface area contributed by atoms with Crippen LogP contribution in [0.2, 0.25) is 0 Å². The van der Waals surface area contributed by atoms with Crippen LogP contribution in [0.1, 0.15) is 40.3 Å². The van der Waals surface area contributed by atoms with Gasteiger partial charge >= 0.3 is 0 Å². The van der Waals surface area contributed by atoms with Crippen molar-refractivity contribution in [3.8, 4) is 17.5 Å². The minimum absolute atomic E-state index is 0.0300. The molecule has 0 aliphatic carbocycles. The van der Waals surface area contributed by atoms with Gasteiger partial charge in [0.25, 0.3) is 5.91 Å². The molecule has 1 aliphatic heterocycles. The van der Waals surface area contributed by atoms with Gasteiger partial charge in [-0.3, -0.25) is 9.48 Å². The van der Waals surface area contributed by atoms with Crippen LogP contribution in [-0.4, -0.2) is 44.8 Å². The van der Waals surface area contributed by atoms with Gasteiger partial charge in [-0.1, -0.05) is 0 Å². The number of nitrogens with zero attached hydrogens (tertiary/aromatic N) is 5. The predicted octanol–water partition coefficient (Wildman–Crippen LogP) is 3.99. The summed E-state index contributed by atoms with van der Waals surface area (Å²) in [4.78, 5) is 23.5.